The fraction of sp³-hybridized carbons (Fsp3) is 0.588. The van der Waals surface area contributed by atoms with Gasteiger partial charge in [0.2, 0.25) is 0 Å². The van der Waals surface area contributed by atoms with E-state index in [2.05, 4.69) is 52.6 Å². The van der Waals surface area contributed by atoms with E-state index in [1.807, 2.05) is 6.07 Å². The van der Waals surface area contributed by atoms with Gasteiger partial charge in [0.05, 0.1) is 6.54 Å². The van der Waals surface area contributed by atoms with Gasteiger partial charge in [-0.1, -0.05) is 47.6 Å². The number of hydrogen-bond acceptors (Lipinski definition) is 3. The second kappa shape index (κ2) is 7.43. The van der Waals surface area contributed by atoms with Crippen LogP contribution in [0.5, 0.6) is 5.75 Å². The fourth-order valence-corrected chi connectivity index (χ4v) is 2.00. The van der Waals surface area contributed by atoms with Gasteiger partial charge in [-0.3, -0.25) is 4.99 Å². The molecule has 0 aliphatic heterocycles. The van der Waals surface area contributed by atoms with E-state index in [0.29, 0.717) is 18.8 Å². The first-order valence-corrected chi connectivity index (χ1v) is 7.15. The maximum Gasteiger partial charge on any atom is 0.128 e. The largest absolute Gasteiger partial charge is 0.507 e. The average Bonchev–Trinajstić information content (AvgIpc) is 2.28. The first-order valence-electron chi connectivity index (χ1n) is 7.15. The minimum Gasteiger partial charge on any atom is -0.507 e. The van der Waals surface area contributed by atoms with Crippen LogP contribution in [0.2, 0.25) is 0 Å². The van der Waals surface area contributed by atoms with Crippen LogP contribution in [0.3, 0.4) is 0 Å². The topological polar surface area (TPSA) is 58.6 Å². The number of phenols is 1. The normalized spacial score (nSPS) is 12.5. The molecule has 1 radical (unpaired) electrons. The second-order valence-corrected chi connectivity index (χ2v) is 7.29. The third-order valence-corrected chi connectivity index (χ3v) is 3.30. The van der Waals surface area contributed by atoms with Gasteiger partial charge in [-0.05, 0) is 22.5 Å². The predicted molar refractivity (Wildman–Crippen MR) is 87.0 cm³/mol. The summed E-state index contributed by atoms with van der Waals surface area (Å²) < 4.78 is 0. The van der Waals surface area contributed by atoms with Crippen LogP contribution in [-0.4, -0.2) is 24.4 Å². The molecule has 0 bridgehead atoms. The molecule has 121 valence electrons. The predicted octanol–water partition coefficient (Wildman–Crippen LogP) is 3.36. The summed E-state index contributed by atoms with van der Waals surface area (Å²) in [5.41, 5.74) is 8.31. The number of phenolic OH excluding ortho intramolecular Hbond substituents is 1. The van der Waals surface area contributed by atoms with Crippen LogP contribution in [0.1, 0.15) is 58.2 Å². The molecular weight excluding hydrogens is 307 g/mol. The Balaban J connectivity index is 0.00000400. The maximum atomic E-state index is 10.5. The molecule has 21 heavy (non-hydrogen) atoms. The van der Waals surface area contributed by atoms with Gasteiger partial charge in [0.25, 0.3) is 0 Å². The summed E-state index contributed by atoms with van der Waals surface area (Å²) in [5.74, 6) is 0.325. The fourth-order valence-electron chi connectivity index (χ4n) is 2.00. The molecule has 4 heteroatoms. The molecule has 1 aromatic carbocycles. The number of benzene rings is 1. The monoisotopic (exact) mass is 335 g/mol. The van der Waals surface area contributed by atoms with Gasteiger partial charge in [0.1, 0.15) is 5.75 Å². The van der Waals surface area contributed by atoms with Crippen molar-refractivity contribution in [2.45, 2.75) is 52.4 Å². The van der Waals surface area contributed by atoms with Crippen LogP contribution in [0.15, 0.2) is 17.1 Å². The van der Waals surface area contributed by atoms with Gasteiger partial charge in [-0.25, -0.2) is 0 Å². The minimum atomic E-state index is -0.109. The van der Waals surface area contributed by atoms with Crippen LogP contribution in [0.25, 0.3) is 0 Å². The van der Waals surface area contributed by atoms with Crippen molar-refractivity contribution in [3.63, 3.8) is 0 Å². The number of hydrogen-bond donors (Lipinski definition) is 2. The Kier molecular flexibility index (Phi) is 7.13. The average molecular weight is 335 g/mol. The van der Waals surface area contributed by atoms with Crippen molar-refractivity contribution in [3.05, 3.63) is 28.8 Å². The zero-order chi connectivity index (χ0) is 15.6. The molecule has 3 N–H and O–H groups in total. The Morgan fingerprint density at radius 2 is 1.67 bits per heavy atom. The molecule has 3 nitrogen and oxygen atoms in total. The zero-order valence-electron chi connectivity index (χ0n) is 14.0. The van der Waals surface area contributed by atoms with Crippen LogP contribution >= 0.6 is 0 Å². The molecule has 0 aromatic heterocycles. The van der Waals surface area contributed by atoms with E-state index in [9.17, 15) is 5.11 Å². The number of aromatic hydroxyl groups is 1. The van der Waals surface area contributed by atoms with Crippen molar-refractivity contribution in [2.75, 3.05) is 13.1 Å². The Hall–Kier alpha value is -0.844. The molecular formula is C17H28CoN2O. The number of nitrogens with two attached hydrogens (primary N) is 1. The first-order chi connectivity index (χ1) is 9.07. The number of aliphatic imine (C=N–C) groups is 1. The summed E-state index contributed by atoms with van der Waals surface area (Å²) in [7, 11) is 0. The molecule has 0 spiro atoms. The quantitative estimate of drug-likeness (QED) is 0.832. The van der Waals surface area contributed by atoms with Crippen molar-refractivity contribution in [2.24, 2.45) is 10.7 Å². The third-order valence-electron chi connectivity index (χ3n) is 3.30. The molecule has 0 saturated carbocycles. The number of nitrogens with zero attached hydrogens (tertiary/aromatic N) is 1. The summed E-state index contributed by atoms with van der Waals surface area (Å²) in [6.45, 7) is 13.9. The van der Waals surface area contributed by atoms with E-state index in [-0.39, 0.29) is 27.6 Å². The van der Waals surface area contributed by atoms with Gasteiger partial charge in [0.15, 0.2) is 0 Å². The van der Waals surface area contributed by atoms with Crippen LogP contribution < -0.4 is 5.73 Å². The molecule has 0 saturated heterocycles. The van der Waals surface area contributed by atoms with Crippen LogP contribution in [-0.2, 0) is 27.6 Å². The van der Waals surface area contributed by atoms with Crippen molar-refractivity contribution in [1.29, 1.82) is 0 Å². The van der Waals surface area contributed by atoms with Gasteiger partial charge in [-0.15, -0.1) is 0 Å². The van der Waals surface area contributed by atoms with Crippen molar-refractivity contribution in [1.82, 2.24) is 0 Å². The third kappa shape index (κ3) is 5.45. The van der Waals surface area contributed by atoms with E-state index < -0.39 is 0 Å². The number of rotatable bonds is 3. The van der Waals surface area contributed by atoms with Gasteiger partial charge >= 0.3 is 0 Å². The zero-order valence-corrected chi connectivity index (χ0v) is 15.0. The molecule has 0 amide bonds. The maximum absolute atomic E-state index is 10.5. The van der Waals surface area contributed by atoms with E-state index in [4.69, 9.17) is 5.73 Å². The Bertz CT molecular complexity index is 497. The summed E-state index contributed by atoms with van der Waals surface area (Å²) in [5, 5.41) is 10.5. The van der Waals surface area contributed by atoms with Crippen molar-refractivity contribution < 1.29 is 21.9 Å². The molecule has 0 fully saturated rings. The Labute approximate surface area is 139 Å². The Morgan fingerprint density at radius 1 is 1.10 bits per heavy atom. The second-order valence-electron chi connectivity index (χ2n) is 7.29. The van der Waals surface area contributed by atoms with Gasteiger partial charge in [0, 0.05) is 40.7 Å². The molecule has 1 aromatic rings. The smallest absolute Gasteiger partial charge is 0.128 e. The summed E-state index contributed by atoms with van der Waals surface area (Å²) in [4.78, 5) is 4.26. The van der Waals surface area contributed by atoms with Crippen molar-refractivity contribution in [3.8, 4) is 5.75 Å². The molecule has 0 heterocycles. The van der Waals surface area contributed by atoms with Crippen LogP contribution in [0, 0.1) is 0 Å². The SMILES string of the molecule is CC(C)(C)c1cc(C=NCCN)c(O)c(C(C)(C)C)c1.[Co]. The summed E-state index contributed by atoms with van der Waals surface area (Å²) >= 11 is 0. The summed E-state index contributed by atoms with van der Waals surface area (Å²) in [6.07, 6.45) is 1.73. The summed E-state index contributed by atoms with van der Waals surface area (Å²) in [6, 6.07) is 4.13. The van der Waals surface area contributed by atoms with Crippen LogP contribution in [0.4, 0.5) is 0 Å². The molecule has 0 atom stereocenters. The van der Waals surface area contributed by atoms with E-state index >= 15 is 0 Å². The van der Waals surface area contributed by atoms with Gasteiger partial charge in [-0.2, -0.15) is 0 Å². The first kappa shape index (κ1) is 20.2. The molecule has 0 aliphatic carbocycles. The van der Waals surface area contributed by atoms with E-state index in [0.717, 1.165) is 11.1 Å². The molecule has 0 aliphatic rings. The van der Waals surface area contributed by atoms with Crippen molar-refractivity contribution >= 4 is 6.21 Å². The molecule has 0 unspecified atom stereocenters. The van der Waals surface area contributed by atoms with E-state index in [1.54, 1.807) is 6.21 Å². The standard InChI is InChI=1S/C17H28N2O.Co/c1-16(2,3)13-9-12(11-19-8-7-18)15(20)14(10-13)17(4,5)6;/h9-11,20H,7-8,18H2,1-6H3;. The minimum absolute atomic E-state index is 0. The van der Waals surface area contributed by atoms with Gasteiger partial charge < -0.3 is 10.8 Å². The molecule has 1 rings (SSSR count). The van der Waals surface area contributed by atoms with E-state index in [1.165, 1.54) is 5.56 Å². The Morgan fingerprint density at radius 3 is 2.10 bits per heavy atom.